The topological polar surface area (TPSA) is 112 Å². The Morgan fingerprint density at radius 2 is 2.09 bits per heavy atom. The molecule has 1 rings (SSSR count). The van der Waals surface area contributed by atoms with Gasteiger partial charge in [0.2, 0.25) is 5.82 Å². The van der Waals surface area contributed by atoms with Crippen LogP contribution in [0.2, 0.25) is 0 Å². The molecule has 0 spiro atoms. The molecule has 7 heteroatoms. The third kappa shape index (κ3) is 1.14. The molecule has 0 radical (unpaired) electrons. The summed E-state index contributed by atoms with van der Waals surface area (Å²) in [6, 6.07) is 0. The van der Waals surface area contributed by atoms with Crippen molar-refractivity contribution in [3.05, 3.63) is 9.68 Å². The van der Waals surface area contributed by atoms with E-state index in [9.17, 15) is 5.21 Å². The molecule has 0 unspecified atom stereocenters. The minimum atomic E-state index is -0.396. The van der Waals surface area contributed by atoms with Crippen molar-refractivity contribution in [3.63, 3.8) is 0 Å². The van der Waals surface area contributed by atoms with Gasteiger partial charge < -0.3 is 21.8 Å². The number of nitrogen functional groups attached to an aromatic ring is 2. The molecule has 11 heavy (non-hydrogen) atoms. The van der Waals surface area contributed by atoms with Gasteiger partial charge in [-0.1, -0.05) is 4.98 Å². The Morgan fingerprint density at radius 3 is 2.64 bits per heavy atom. The van der Waals surface area contributed by atoms with Crippen LogP contribution in [0.1, 0.15) is 0 Å². The third-order valence-corrected chi connectivity index (χ3v) is 1.83. The molecule has 0 fully saturated rings. The van der Waals surface area contributed by atoms with Crippen LogP contribution in [0.4, 0.5) is 11.8 Å². The quantitative estimate of drug-likeness (QED) is 0.398. The molecule has 5 N–H and O–H groups in total. The van der Waals surface area contributed by atoms with Crippen molar-refractivity contribution in [3.8, 4) is 5.88 Å². The van der Waals surface area contributed by atoms with E-state index >= 15 is 0 Å². The van der Waals surface area contributed by atoms with Crippen molar-refractivity contribution in [2.24, 2.45) is 0 Å². The first-order valence-electron chi connectivity index (χ1n) is 2.57. The Labute approximate surface area is 70.2 Å². The van der Waals surface area contributed by atoms with Crippen LogP contribution in [0, 0.1) is 5.21 Å². The Bertz CT molecular complexity index is 276. The molecule has 6 nitrogen and oxygen atoms in total. The smallest absolute Gasteiger partial charge is 0.347 e. The van der Waals surface area contributed by atoms with Crippen LogP contribution >= 0.6 is 15.9 Å². The predicted octanol–water partition coefficient (Wildman–Crippen LogP) is -0.653. The molecule has 0 amide bonds. The van der Waals surface area contributed by atoms with E-state index in [1.807, 2.05) is 0 Å². The number of hydrogen-bond acceptors (Lipinski definition) is 5. The number of aromatic nitrogens is 2. The van der Waals surface area contributed by atoms with E-state index in [2.05, 4.69) is 20.9 Å². The van der Waals surface area contributed by atoms with Gasteiger partial charge in [0.25, 0.3) is 5.88 Å². The second-order valence-corrected chi connectivity index (χ2v) is 2.58. The SMILES string of the molecule is Nc1nc(O)c(Br)c(N)[n+]1[O-]. The van der Waals surface area contributed by atoms with Gasteiger partial charge >= 0.3 is 5.95 Å². The van der Waals surface area contributed by atoms with E-state index in [1.165, 1.54) is 0 Å². The number of rotatable bonds is 0. The highest BCUT2D eigenvalue weighted by molar-refractivity contribution is 9.10. The summed E-state index contributed by atoms with van der Waals surface area (Å²) in [4.78, 5) is 3.29. The molecule has 0 aliphatic heterocycles. The molecule has 1 aromatic rings. The predicted molar refractivity (Wildman–Crippen MR) is 41.4 cm³/mol. The molecule has 0 aliphatic rings. The lowest BCUT2D eigenvalue weighted by Gasteiger charge is -2.09. The van der Waals surface area contributed by atoms with Crippen molar-refractivity contribution >= 4 is 27.7 Å². The molecule has 1 heterocycles. The van der Waals surface area contributed by atoms with Crippen molar-refractivity contribution in [1.82, 2.24) is 4.98 Å². The zero-order chi connectivity index (χ0) is 8.59. The van der Waals surface area contributed by atoms with Gasteiger partial charge in [-0.05, 0) is 15.9 Å². The highest BCUT2D eigenvalue weighted by Gasteiger charge is 2.13. The largest absolute Gasteiger partial charge is 0.754 e. The monoisotopic (exact) mass is 220 g/mol. The van der Waals surface area contributed by atoms with Crippen molar-refractivity contribution in [2.45, 2.75) is 0 Å². The summed E-state index contributed by atoms with van der Waals surface area (Å²) in [6.45, 7) is 0. The maximum absolute atomic E-state index is 10.8. The van der Waals surface area contributed by atoms with E-state index in [4.69, 9.17) is 16.6 Å². The number of nitrogens with two attached hydrogens (primary N) is 2. The van der Waals surface area contributed by atoms with Gasteiger partial charge in [0.1, 0.15) is 0 Å². The Kier molecular flexibility index (Phi) is 1.73. The summed E-state index contributed by atoms with van der Waals surface area (Å²) in [5.41, 5.74) is 10.3. The van der Waals surface area contributed by atoms with Crippen molar-refractivity contribution in [2.75, 3.05) is 11.5 Å². The fraction of sp³-hybridized carbons (Fsp3) is 0. The van der Waals surface area contributed by atoms with Crippen molar-refractivity contribution < 1.29 is 9.84 Å². The molecular weight excluding hydrogens is 216 g/mol. The van der Waals surface area contributed by atoms with Crippen LogP contribution in [0.3, 0.4) is 0 Å². The summed E-state index contributed by atoms with van der Waals surface area (Å²) in [5.74, 6) is -0.995. The standard InChI is InChI=1S/C4H5BrN4O2/c5-1-2(6)9(11)4(7)8-3(1)10/h6H2,(H3,7,8,10). The maximum atomic E-state index is 10.8. The third-order valence-electron chi connectivity index (χ3n) is 1.07. The lowest BCUT2D eigenvalue weighted by Crippen LogP contribution is -2.35. The average Bonchev–Trinajstić information content (AvgIpc) is 1.97. The minimum Gasteiger partial charge on any atom is -0.754 e. The highest BCUT2D eigenvalue weighted by Crippen LogP contribution is 2.24. The van der Waals surface area contributed by atoms with E-state index in [0.717, 1.165) is 0 Å². The van der Waals surface area contributed by atoms with Gasteiger partial charge in [-0.25, -0.2) is 4.73 Å². The summed E-state index contributed by atoms with van der Waals surface area (Å²) in [7, 11) is 0. The fourth-order valence-electron chi connectivity index (χ4n) is 0.530. The lowest BCUT2D eigenvalue weighted by atomic mass is 10.6. The second kappa shape index (κ2) is 2.42. The molecule has 60 valence electrons. The normalized spacial score (nSPS) is 9.91. The van der Waals surface area contributed by atoms with Crippen LogP contribution in [0.15, 0.2) is 4.47 Å². The Balaban J connectivity index is 3.46. The number of aromatic hydroxyl groups is 1. The Morgan fingerprint density at radius 1 is 1.55 bits per heavy atom. The minimum absolute atomic E-state index is 0.0432. The summed E-state index contributed by atoms with van der Waals surface area (Å²) >= 11 is 2.85. The number of nitrogens with zero attached hydrogens (tertiary/aromatic N) is 2. The van der Waals surface area contributed by atoms with Crippen LogP contribution in [-0.4, -0.2) is 10.1 Å². The molecule has 0 aromatic carbocycles. The molecule has 0 atom stereocenters. The molecular formula is C4H5BrN4O2. The summed E-state index contributed by atoms with van der Waals surface area (Å²) in [6.07, 6.45) is 0. The maximum Gasteiger partial charge on any atom is 0.347 e. The van der Waals surface area contributed by atoms with Crippen molar-refractivity contribution in [1.29, 1.82) is 0 Å². The Hall–Kier alpha value is -1.24. The van der Waals surface area contributed by atoms with Gasteiger partial charge in [0.05, 0.1) is 0 Å². The van der Waals surface area contributed by atoms with E-state index < -0.39 is 5.88 Å². The first-order valence-corrected chi connectivity index (χ1v) is 3.36. The molecule has 0 saturated heterocycles. The van der Waals surface area contributed by atoms with Crippen LogP contribution in [0.5, 0.6) is 5.88 Å². The highest BCUT2D eigenvalue weighted by atomic mass is 79.9. The van der Waals surface area contributed by atoms with Gasteiger partial charge in [-0.15, -0.1) is 0 Å². The van der Waals surface area contributed by atoms with Gasteiger partial charge in [-0.2, -0.15) is 0 Å². The molecule has 1 aromatic heterocycles. The zero-order valence-corrected chi connectivity index (χ0v) is 6.87. The zero-order valence-electron chi connectivity index (χ0n) is 5.28. The fourth-order valence-corrected chi connectivity index (χ4v) is 0.780. The van der Waals surface area contributed by atoms with Crippen LogP contribution < -0.4 is 16.2 Å². The van der Waals surface area contributed by atoms with E-state index in [0.29, 0.717) is 0 Å². The second-order valence-electron chi connectivity index (χ2n) is 1.79. The lowest BCUT2D eigenvalue weighted by molar-refractivity contribution is -0.577. The number of halogens is 1. The van der Waals surface area contributed by atoms with Crippen LogP contribution in [-0.2, 0) is 0 Å². The van der Waals surface area contributed by atoms with E-state index in [1.54, 1.807) is 0 Å². The van der Waals surface area contributed by atoms with Crippen LogP contribution in [0.25, 0.3) is 0 Å². The summed E-state index contributed by atoms with van der Waals surface area (Å²) in [5, 5.41) is 19.7. The number of hydrogen-bond donors (Lipinski definition) is 3. The molecule has 0 bridgehead atoms. The first kappa shape index (κ1) is 7.86. The van der Waals surface area contributed by atoms with E-state index in [-0.39, 0.29) is 21.0 Å². The molecule has 0 aliphatic carbocycles. The number of anilines is 2. The average molecular weight is 221 g/mol. The summed E-state index contributed by atoms with van der Waals surface area (Å²) < 4.78 is 0.255. The first-order chi connectivity index (χ1) is 5.04. The van der Waals surface area contributed by atoms with Gasteiger partial charge in [0.15, 0.2) is 4.47 Å². The molecule has 0 saturated carbocycles. The van der Waals surface area contributed by atoms with Gasteiger partial charge in [-0.3, -0.25) is 0 Å². The van der Waals surface area contributed by atoms with Gasteiger partial charge in [0, 0.05) is 0 Å².